The Bertz CT molecular complexity index is 961. The molecule has 2 unspecified atom stereocenters. The van der Waals surface area contributed by atoms with Crippen LogP contribution in [-0.4, -0.2) is 60.6 Å². The molecule has 2 aliphatic rings. The summed E-state index contributed by atoms with van der Waals surface area (Å²) in [6, 6.07) is 5.19. The smallest absolute Gasteiger partial charge is 0.252 e. The number of likely N-dealkylation sites (tertiary alicyclic amines) is 1. The van der Waals surface area contributed by atoms with E-state index in [1.807, 2.05) is 20.9 Å². The lowest BCUT2D eigenvalue weighted by Crippen LogP contribution is -2.38. The van der Waals surface area contributed by atoms with E-state index in [9.17, 15) is 9.59 Å². The van der Waals surface area contributed by atoms with Crippen LogP contribution in [0.4, 0.5) is 0 Å². The summed E-state index contributed by atoms with van der Waals surface area (Å²) in [5, 5.41) is 4.57. The van der Waals surface area contributed by atoms with Gasteiger partial charge in [-0.3, -0.25) is 9.59 Å². The van der Waals surface area contributed by atoms with Gasteiger partial charge in [-0.1, -0.05) is 0 Å². The Kier molecular flexibility index (Phi) is 5.04. The molecule has 3 N–H and O–H groups in total. The number of fused-ring (bicyclic) bond motifs is 2. The van der Waals surface area contributed by atoms with Crippen LogP contribution in [0.3, 0.4) is 0 Å². The van der Waals surface area contributed by atoms with Crippen LogP contribution in [0.2, 0.25) is 0 Å². The Balaban J connectivity index is 1.60. The Morgan fingerprint density at radius 1 is 1.38 bits per heavy atom. The highest BCUT2D eigenvalue weighted by Crippen LogP contribution is 2.33. The second kappa shape index (κ2) is 7.51. The Labute approximate surface area is 169 Å². The fraction of sp³-hybridized carbons (Fsp3) is 0.476. The molecule has 154 valence electrons. The number of aromatic nitrogens is 1. The summed E-state index contributed by atoms with van der Waals surface area (Å²) in [5.74, 6) is 0.659. The van der Waals surface area contributed by atoms with Gasteiger partial charge in [0.2, 0.25) is 11.8 Å². The van der Waals surface area contributed by atoms with Crippen LogP contribution in [-0.2, 0) is 4.79 Å². The second-order valence-corrected chi connectivity index (χ2v) is 8.13. The number of carbonyl (C=O) groups excluding carboxylic acids is 2. The molecule has 3 atom stereocenters. The summed E-state index contributed by atoms with van der Waals surface area (Å²) in [4.78, 5) is 30.6. The first-order chi connectivity index (χ1) is 13.8. The monoisotopic (exact) mass is 398 g/mol. The lowest BCUT2D eigenvalue weighted by atomic mass is 9.94. The number of primary amides is 1. The lowest BCUT2D eigenvalue weighted by molar-refractivity contribution is -0.122. The molecule has 2 aliphatic heterocycles. The summed E-state index contributed by atoms with van der Waals surface area (Å²) in [5.41, 5.74) is 5.85. The molecule has 29 heavy (non-hydrogen) atoms. The Morgan fingerprint density at radius 2 is 2.17 bits per heavy atom. The van der Waals surface area contributed by atoms with Gasteiger partial charge in [0.15, 0.2) is 0 Å². The van der Waals surface area contributed by atoms with Crippen LogP contribution in [0.25, 0.3) is 10.8 Å². The van der Waals surface area contributed by atoms with E-state index in [1.165, 1.54) is 0 Å². The molecule has 0 bridgehead atoms. The summed E-state index contributed by atoms with van der Waals surface area (Å²) < 4.78 is 11.8. The van der Waals surface area contributed by atoms with Gasteiger partial charge in [-0.2, -0.15) is 0 Å². The molecule has 1 aromatic carbocycles. The van der Waals surface area contributed by atoms with Crippen LogP contribution in [0, 0.1) is 11.8 Å². The lowest BCUT2D eigenvalue weighted by Gasteiger charge is -2.19. The van der Waals surface area contributed by atoms with Gasteiger partial charge in [-0.05, 0) is 44.5 Å². The molecule has 1 aromatic heterocycles. The molecule has 4 rings (SSSR count). The summed E-state index contributed by atoms with van der Waals surface area (Å²) in [6.45, 7) is 5.76. The maximum Gasteiger partial charge on any atom is 0.252 e. The quantitative estimate of drug-likeness (QED) is 0.757. The summed E-state index contributed by atoms with van der Waals surface area (Å²) in [6.07, 6.45) is 1.52. The van der Waals surface area contributed by atoms with Crippen LogP contribution in [0.1, 0.15) is 24.2 Å². The first-order valence-corrected chi connectivity index (χ1v) is 9.84. The summed E-state index contributed by atoms with van der Waals surface area (Å²) >= 11 is 0. The molecule has 0 aliphatic carbocycles. The van der Waals surface area contributed by atoms with Gasteiger partial charge in [0.05, 0.1) is 23.6 Å². The molecule has 2 saturated heterocycles. The van der Waals surface area contributed by atoms with Gasteiger partial charge in [-0.25, -0.2) is 4.98 Å². The van der Waals surface area contributed by atoms with Crippen LogP contribution >= 0.6 is 0 Å². The van der Waals surface area contributed by atoms with E-state index >= 15 is 0 Å². The summed E-state index contributed by atoms with van der Waals surface area (Å²) in [7, 11) is 2.03. The number of amides is 2. The molecule has 0 saturated carbocycles. The van der Waals surface area contributed by atoms with Gasteiger partial charge < -0.3 is 25.4 Å². The van der Waals surface area contributed by atoms with E-state index in [0.29, 0.717) is 23.8 Å². The van der Waals surface area contributed by atoms with E-state index in [2.05, 4.69) is 15.2 Å². The maximum absolute atomic E-state index is 12.2. The largest absolute Gasteiger partial charge is 0.490 e. The molecular formula is C21H26N4O4. The normalized spacial score (nSPS) is 24.0. The molecule has 3 heterocycles. The molecular weight excluding hydrogens is 372 g/mol. The van der Waals surface area contributed by atoms with Gasteiger partial charge in [-0.15, -0.1) is 0 Å². The molecule has 2 amide bonds. The van der Waals surface area contributed by atoms with Gasteiger partial charge in [0.25, 0.3) is 5.91 Å². The van der Waals surface area contributed by atoms with E-state index in [1.54, 1.807) is 24.4 Å². The van der Waals surface area contributed by atoms with Crippen LogP contribution in [0.5, 0.6) is 11.6 Å². The van der Waals surface area contributed by atoms with Crippen molar-refractivity contribution in [1.29, 1.82) is 0 Å². The SMILES string of the molecule is CC(C)Oc1cc2c(OC[C@H]3NC(=O)C4CN(C)CC43)nccc2cc1C(N)=O. The highest BCUT2D eigenvalue weighted by molar-refractivity contribution is 6.01. The number of nitrogens with one attached hydrogen (secondary N) is 1. The first-order valence-electron chi connectivity index (χ1n) is 9.84. The minimum atomic E-state index is -0.549. The van der Waals surface area contributed by atoms with Gasteiger partial charge >= 0.3 is 0 Å². The molecule has 8 heteroatoms. The third-order valence-electron chi connectivity index (χ3n) is 5.58. The van der Waals surface area contributed by atoms with Crippen molar-refractivity contribution in [3.05, 3.63) is 30.0 Å². The minimum absolute atomic E-state index is 0.0262. The van der Waals surface area contributed by atoms with Crippen molar-refractivity contribution in [2.45, 2.75) is 26.0 Å². The Morgan fingerprint density at radius 3 is 2.90 bits per heavy atom. The van der Waals surface area contributed by atoms with E-state index in [4.69, 9.17) is 15.2 Å². The average molecular weight is 398 g/mol. The number of benzene rings is 1. The number of nitrogens with zero attached hydrogens (tertiary/aromatic N) is 2. The van der Waals surface area contributed by atoms with Crippen molar-refractivity contribution in [3.8, 4) is 11.6 Å². The van der Waals surface area contributed by atoms with Crippen molar-refractivity contribution in [1.82, 2.24) is 15.2 Å². The molecule has 2 aromatic rings. The zero-order valence-corrected chi connectivity index (χ0v) is 16.8. The predicted octanol–water partition coefficient (Wildman–Crippen LogP) is 1.18. The van der Waals surface area contributed by atoms with Crippen molar-refractivity contribution >= 4 is 22.6 Å². The van der Waals surface area contributed by atoms with E-state index < -0.39 is 5.91 Å². The fourth-order valence-electron chi connectivity index (χ4n) is 4.28. The number of ether oxygens (including phenoxy) is 2. The fourth-order valence-corrected chi connectivity index (χ4v) is 4.28. The number of hydrogen-bond donors (Lipinski definition) is 2. The zero-order valence-electron chi connectivity index (χ0n) is 16.8. The number of hydrogen-bond acceptors (Lipinski definition) is 6. The highest BCUT2D eigenvalue weighted by atomic mass is 16.5. The number of carbonyl (C=O) groups is 2. The minimum Gasteiger partial charge on any atom is -0.490 e. The first kappa shape index (κ1) is 19.4. The molecule has 0 radical (unpaired) electrons. The number of rotatable bonds is 6. The third kappa shape index (κ3) is 3.72. The number of pyridine rings is 1. The standard InChI is InChI=1S/C21H26N4O4/c1-11(2)29-18-7-13-12(6-14(18)19(22)26)4-5-23-21(13)28-10-17-15-8-25(3)9-16(15)20(27)24-17/h4-7,11,15-17H,8-10H2,1-3H3,(H2,22,26)(H,24,27)/t15?,16?,17-/m1/s1. The zero-order chi connectivity index (χ0) is 20.7. The van der Waals surface area contributed by atoms with Crippen LogP contribution < -0.4 is 20.5 Å². The van der Waals surface area contributed by atoms with Crippen molar-refractivity contribution in [2.24, 2.45) is 17.6 Å². The van der Waals surface area contributed by atoms with Crippen molar-refractivity contribution in [2.75, 3.05) is 26.7 Å². The third-order valence-corrected chi connectivity index (χ3v) is 5.58. The maximum atomic E-state index is 12.2. The predicted molar refractivity (Wildman–Crippen MR) is 108 cm³/mol. The van der Waals surface area contributed by atoms with E-state index in [-0.39, 0.29) is 29.9 Å². The molecule has 2 fully saturated rings. The molecule has 8 nitrogen and oxygen atoms in total. The second-order valence-electron chi connectivity index (χ2n) is 8.13. The Hall–Kier alpha value is -2.87. The van der Waals surface area contributed by atoms with Crippen molar-refractivity contribution in [3.63, 3.8) is 0 Å². The van der Waals surface area contributed by atoms with Crippen LogP contribution in [0.15, 0.2) is 24.4 Å². The van der Waals surface area contributed by atoms with Gasteiger partial charge in [0.1, 0.15) is 12.4 Å². The topological polar surface area (TPSA) is 107 Å². The van der Waals surface area contributed by atoms with E-state index in [0.717, 1.165) is 23.9 Å². The average Bonchev–Trinajstić information content (AvgIpc) is 3.17. The van der Waals surface area contributed by atoms with Crippen molar-refractivity contribution < 1.29 is 19.1 Å². The number of nitrogens with two attached hydrogens (primary N) is 1. The van der Waals surface area contributed by atoms with Gasteiger partial charge in [0, 0.05) is 30.6 Å². The molecule has 0 spiro atoms. The highest BCUT2D eigenvalue weighted by Gasteiger charge is 2.47.